The van der Waals surface area contributed by atoms with Gasteiger partial charge in [-0.2, -0.15) is 0 Å². The molecule has 1 rings (SSSR count). The number of nitrogens with one attached hydrogen (secondary N) is 1. The molecule has 3 N–H and O–H groups in total. The molecule has 0 aromatic heterocycles. The standard InChI is InChI=1S/C14H22N2O2/c1-4-12(15)11-8-6-7-9-13(11)18-10(3)14(17)16-5-2/h6-10,12H,4-5,15H2,1-3H3,(H,16,17)/t10?,12-/m0/s1. The summed E-state index contributed by atoms with van der Waals surface area (Å²) in [5.74, 6) is 0.572. The first-order chi connectivity index (χ1) is 8.60. The minimum atomic E-state index is -0.518. The molecule has 0 fully saturated rings. The van der Waals surface area contributed by atoms with E-state index in [0.717, 1.165) is 12.0 Å². The van der Waals surface area contributed by atoms with E-state index in [9.17, 15) is 4.79 Å². The zero-order valence-electron chi connectivity index (χ0n) is 11.3. The Morgan fingerprint density at radius 1 is 1.39 bits per heavy atom. The molecule has 2 atom stereocenters. The third kappa shape index (κ3) is 3.74. The summed E-state index contributed by atoms with van der Waals surface area (Å²) >= 11 is 0. The summed E-state index contributed by atoms with van der Waals surface area (Å²) in [6, 6.07) is 7.52. The number of benzene rings is 1. The fourth-order valence-corrected chi connectivity index (χ4v) is 1.68. The fraction of sp³-hybridized carbons (Fsp3) is 0.500. The lowest BCUT2D eigenvalue weighted by molar-refractivity contribution is -0.127. The number of rotatable bonds is 6. The summed E-state index contributed by atoms with van der Waals surface area (Å²) in [6.07, 6.45) is 0.311. The Kier molecular flexibility index (Phi) is 5.65. The first-order valence-corrected chi connectivity index (χ1v) is 6.39. The van der Waals surface area contributed by atoms with Gasteiger partial charge in [0, 0.05) is 18.2 Å². The molecule has 0 saturated carbocycles. The number of hydrogen-bond acceptors (Lipinski definition) is 3. The highest BCUT2D eigenvalue weighted by Crippen LogP contribution is 2.26. The van der Waals surface area contributed by atoms with Crippen LogP contribution in [0, 0.1) is 0 Å². The molecule has 0 spiro atoms. The van der Waals surface area contributed by atoms with Crippen LogP contribution < -0.4 is 15.8 Å². The molecule has 1 unspecified atom stereocenters. The predicted molar refractivity (Wildman–Crippen MR) is 72.4 cm³/mol. The van der Waals surface area contributed by atoms with Gasteiger partial charge in [-0.1, -0.05) is 25.1 Å². The summed E-state index contributed by atoms with van der Waals surface area (Å²) in [7, 11) is 0. The van der Waals surface area contributed by atoms with Crippen LogP contribution in [-0.2, 0) is 4.79 Å². The van der Waals surface area contributed by atoms with Crippen molar-refractivity contribution in [2.75, 3.05) is 6.54 Å². The predicted octanol–water partition coefficient (Wildman–Crippen LogP) is 2.00. The maximum Gasteiger partial charge on any atom is 0.260 e. The van der Waals surface area contributed by atoms with Crippen LogP contribution in [0.1, 0.15) is 38.8 Å². The van der Waals surface area contributed by atoms with E-state index in [1.807, 2.05) is 38.1 Å². The lowest BCUT2D eigenvalue weighted by atomic mass is 10.0. The van der Waals surface area contributed by atoms with Crippen molar-refractivity contribution in [1.29, 1.82) is 0 Å². The summed E-state index contributed by atoms with van der Waals surface area (Å²) in [4.78, 5) is 11.6. The van der Waals surface area contributed by atoms with Crippen LogP contribution in [0.4, 0.5) is 0 Å². The number of amides is 1. The van der Waals surface area contributed by atoms with Crippen molar-refractivity contribution in [3.05, 3.63) is 29.8 Å². The lowest BCUT2D eigenvalue weighted by Gasteiger charge is -2.19. The van der Waals surface area contributed by atoms with E-state index < -0.39 is 6.10 Å². The Bertz CT molecular complexity index is 393. The quantitative estimate of drug-likeness (QED) is 0.811. The fourth-order valence-electron chi connectivity index (χ4n) is 1.68. The molecule has 1 aromatic carbocycles. The van der Waals surface area contributed by atoms with E-state index in [1.54, 1.807) is 6.92 Å². The van der Waals surface area contributed by atoms with Crippen molar-refractivity contribution in [3.8, 4) is 5.75 Å². The maximum atomic E-state index is 11.6. The molecule has 100 valence electrons. The van der Waals surface area contributed by atoms with Gasteiger partial charge in [0.1, 0.15) is 5.75 Å². The van der Waals surface area contributed by atoms with Gasteiger partial charge in [0.25, 0.3) is 5.91 Å². The van der Waals surface area contributed by atoms with Gasteiger partial charge in [-0.05, 0) is 26.3 Å². The lowest BCUT2D eigenvalue weighted by Crippen LogP contribution is -2.36. The van der Waals surface area contributed by atoms with Gasteiger partial charge in [-0.15, -0.1) is 0 Å². The van der Waals surface area contributed by atoms with Crippen molar-refractivity contribution in [1.82, 2.24) is 5.32 Å². The number of likely N-dealkylation sites (N-methyl/N-ethyl adjacent to an activating group) is 1. The second kappa shape index (κ2) is 7.01. The van der Waals surface area contributed by atoms with Gasteiger partial charge in [0.15, 0.2) is 6.10 Å². The summed E-state index contributed by atoms with van der Waals surface area (Å²) in [6.45, 7) is 6.24. The van der Waals surface area contributed by atoms with Crippen molar-refractivity contribution < 1.29 is 9.53 Å². The van der Waals surface area contributed by atoms with Crippen molar-refractivity contribution in [2.45, 2.75) is 39.3 Å². The minimum Gasteiger partial charge on any atom is -0.481 e. The molecule has 0 aliphatic heterocycles. The largest absolute Gasteiger partial charge is 0.481 e. The van der Waals surface area contributed by atoms with Crippen molar-refractivity contribution >= 4 is 5.91 Å². The molecule has 0 aliphatic carbocycles. The van der Waals surface area contributed by atoms with Gasteiger partial charge in [0.2, 0.25) is 0 Å². The molecule has 0 radical (unpaired) electrons. The molecular formula is C14H22N2O2. The van der Waals surface area contributed by atoms with Crippen LogP contribution in [0.25, 0.3) is 0 Å². The van der Waals surface area contributed by atoms with E-state index >= 15 is 0 Å². The highest BCUT2D eigenvalue weighted by atomic mass is 16.5. The first kappa shape index (κ1) is 14.5. The van der Waals surface area contributed by atoms with Gasteiger partial charge >= 0.3 is 0 Å². The minimum absolute atomic E-state index is 0.0670. The average Bonchev–Trinajstić information content (AvgIpc) is 2.38. The molecule has 0 aliphatic rings. The highest BCUT2D eigenvalue weighted by Gasteiger charge is 2.17. The second-order valence-electron chi connectivity index (χ2n) is 4.21. The second-order valence-corrected chi connectivity index (χ2v) is 4.21. The van der Waals surface area contributed by atoms with Gasteiger partial charge in [-0.25, -0.2) is 0 Å². The number of hydrogen-bond donors (Lipinski definition) is 2. The number of ether oxygens (including phenoxy) is 1. The van der Waals surface area contributed by atoms with Crippen LogP contribution in [0.2, 0.25) is 0 Å². The van der Waals surface area contributed by atoms with Crippen molar-refractivity contribution in [3.63, 3.8) is 0 Å². The SMILES string of the molecule is CCNC(=O)C(C)Oc1ccccc1[C@@H](N)CC. The monoisotopic (exact) mass is 250 g/mol. The third-order valence-corrected chi connectivity index (χ3v) is 2.78. The Hall–Kier alpha value is -1.55. The van der Waals surface area contributed by atoms with E-state index in [2.05, 4.69) is 5.32 Å². The Morgan fingerprint density at radius 3 is 2.67 bits per heavy atom. The molecule has 0 bridgehead atoms. The molecule has 1 aromatic rings. The Balaban J connectivity index is 2.80. The van der Waals surface area contributed by atoms with Crippen molar-refractivity contribution in [2.24, 2.45) is 5.73 Å². The number of carbonyl (C=O) groups excluding carboxylic acids is 1. The van der Waals surface area contributed by atoms with Crippen LogP contribution in [0.5, 0.6) is 5.75 Å². The number of carbonyl (C=O) groups is 1. The van der Waals surface area contributed by atoms with Gasteiger partial charge < -0.3 is 15.8 Å². The number of nitrogens with two attached hydrogens (primary N) is 1. The molecule has 4 heteroatoms. The Labute approximate surface area is 109 Å². The van der Waals surface area contributed by atoms with E-state index in [-0.39, 0.29) is 11.9 Å². The van der Waals surface area contributed by atoms with Crippen LogP contribution in [0.15, 0.2) is 24.3 Å². The number of para-hydroxylation sites is 1. The molecule has 18 heavy (non-hydrogen) atoms. The third-order valence-electron chi connectivity index (χ3n) is 2.78. The van der Waals surface area contributed by atoms with Gasteiger partial charge in [0.05, 0.1) is 0 Å². The maximum absolute atomic E-state index is 11.6. The zero-order valence-corrected chi connectivity index (χ0v) is 11.3. The molecular weight excluding hydrogens is 228 g/mol. The summed E-state index contributed by atoms with van der Waals surface area (Å²) in [5, 5.41) is 2.73. The van der Waals surface area contributed by atoms with E-state index in [4.69, 9.17) is 10.5 Å². The normalized spacial score (nSPS) is 13.8. The van der Waals surface area contributed by atoms with Crippen LogP contribution in [-0.4, -0.2) is 18.6 Å². The van der Waals surface area contributed by atoms with Gasteiger partial charge in [-0.3, -0.25) is 4.79 Å². The van der Waals surface area contributed by atoms with Crippen LogP contribution >= 0.6 is 0 Å². The highest BCUT2D eigenvalue weighted by molar-refractivity contribution is 5.80. The summed E-state index contributed by atoms with van der Waals surface area (Å²) in [5.41, 5.74) is 6.97. The molecule has 1 amide bonds. The van der Waals surface area contributed by atoms with E-state index in [1.165, 1.54) is 0 Å². The molecule has 0 heterocycles. The smallest absolute Gasteiger partial charge is 0.260 e. The average molecular weight is 250 g/mol. The van der Waals surface area contributed by atoms with E-state index in [0.29, 0.717) is 12.3 Å². The molecule has 4 nitrogen and oxygen atoms in total. The zero-order chi connectivity index (χ0) is 13.5. The summed E-state index contributed by atoms with van der Waals surface area (Å²) < 4.78 is 5.69. The van der Waals surface area contributed by atoms with Crippen LogP contribution in [0.3, 0.4) is 0 Å². The Morgan fingerprint density at radius 2 is 2.06 bits per heavy atom. The first-order valence-electron chi connectivity index (χ1n) is 6.39. The molecule has 0 saturated heterocycles. The topological polar surface area (TPSA) is 64.3 Å².